The molecular formula is C19H26N6O3. The van der Waals surface area contributed by atoms with Gasteiger partial charge in [0.2, 0.25) is 5.78 Å². The Hall–Kier alpha value is -2.65. The first kappa shape index (κ1) is 18.7. The molecule has 1 aliphatic rings. The van der Waals surface area contributed by atoms with Gasteiger partial charge >= 0.3 is 5.69 Å². The third-order valence-corrected chi connectivity index (χ3v) is 5.31. The lowest BCUT2D eigenvalue weighted by Gasteiger charge is -2.26. The lowest BCUT2D eigenvalue weighted by Crippen LogP contribution is -2.39. The second-order valence-electron chi connectivity index (χ2n) is 7.52. The van der Waals surface area contributed by atoms with Crippen LogP contribution in [0.25, 0.3) is 16.9 Å². The number of aromatic nitrogens is 5. The first-order chi connectivity index (χ1) is 13.4. The summed E-state index contributed by atoms with van der Waals surface area (Å²) >= 11 is 0. The minimum atomic E-state index is -0.377. The molecule has 0 aliphatic carbocycles. The smallest absolute Gasteiger partial charge is 0.332 e. The van der Waals surface area contributed by atoms with Gasteiger partial charge in [0, 0.05) is 45.1 Å². The molecule has 0 aromatic carbocycles. The van der Waals surface area contributed by atoms with Gasteiger partial charge in [-0.15, -0.1) is 0 Å². The van der Waals surface area contributed by atoms with Crippen molar-refractivity contribution in [2.75, 3.05) is 32.8 Å². The highest BCUT2D eigenvalue weighted by Crippen LogP contribution is 2.16. The van der Waals surface area contributed by atoms with Crippen molar-refractivity contribution in [2.24, 2.45) is 7.05 Å². The predicted molar refractivity (Wildman–Crippen MR) is 107 cm³/mol. The molecule has 0 radical (unpaired) electrons. The van der Waals surface area contributed by atoms with E-state index in [0.29, 0.717) is 16.9 Å². The molecule has 0 amide bonds. The number of fused-ring (bicyclic) bond motifs is 3. The van der Waals surface area contributed by atoms with Crippen LogP contribution in [-0.2, 0) is 24.9 Å². The van der Waals surface area contributed by atoms with Crippen molar-refractivity contribution in [1.29, 1.82) is 0 Å². The van der Waals surface area contributed by atoms with Gasteiger partial charge in [-0.2, -0.15) is 4.98 Å². The van der Waals surface area contributed by atoms with E-state index in [1.165, 1.54) is 9.13 Å². The maximum Gasteiger partial charge on any atom is 0.332 e. The summed E-state index contributed by atoms with van der Waals surface area (Å²) in [7, 11) is 1.65. The van der Waals surface area contributed by atoms with E-state index < -0.39 is 0 Å². The minimum Gasteiger partial charge on any atom is -0.379 e. The van der Waals surface area contributed by atoms with Crippen LogP contribution < -0.4 is 11.2 Å². The number of aryl methyl sites for hydroxylation is 2. The maximum atomic E-state index is 13.1. The van der Waals surface area contributed by atoms with Gasteiger partial charge in [-0.3, -0.25) is 23.2 Å². The molecule has 28 heavy (non-hydrogen) atoms. The third kappa shape index (κ3) is 3.00. The number of hydrogen-bond donors (Lipinski definition) is 0. The topological polar surface area (TPSA) is 78.7 Å². The number of hydrogen-bond acceptors (Lipinski definition) is 5. The molecule has 0 saturated carbocycles. The molecule has 150 valence electrons. The Morgan fingerprint density at radius 3 is 2.61 bits per heavy atom. The molecule has 0 atom stereocenters. The van der Waals surface area contributed by atoms with E-state index in [2.05, 4.69) is 21.0 Å². The van der Waals surface area contributed by atoms with E-state index in [9.17, 15) is 9.59 Å². The minimum absolute atomic E-state index is 0.200. The van der Waals surface area contributed by atoms with Gasteiger partial charge in [-0.1, -0.05) is 12.2 Å². The van der Waals surface area contributed by atoms with Crippen LogP contribution in [0.1, 0.15) is 12.6 Å². The van der Waals surface area contributed by atoms with Crippen LogP contribution in [0, 0.1) is 6.92 Å². The van der Waals surface area contributed by atoms with Crippen molar-refractivity contribution >= 4 is 16.9 Å². The summed E-state index contributed by atoms with van der Waals surface area (Å²) in [5.74, 6) is 0.681. The molecule has 0 N–H and O–H groups in total. The molecule has 0 unspecified atom stereocenters. The summed E-state index contributed by atoms with van der Waals surface area (Å²) < 4.78 is 12.0. The lowest BCUT2D eigenvalue weighted by molar-refractivity contribution is 0.0364. The number of allylic oxidation sites excluding steroid dienone is 1. The lowest BCUT2D eigenvalue weighted by atomic mass is 10.3. The summed E-state index contributed by atoms with van der Waals surface area (Å²) in [5.41, 5.74) is 1.89. The van der Waals surface area contributed by atoms with Crippen LogP contribution in [0.15, 0.2) is 27.9 Å². The van der Waals surface area contributed by atoms with E-state index in [0.717, 1.165) is 50.7 Å². The summed E-state index contributed by atoms with van der Waals surface area (Å²) in [6.07, 6.45) is 1.92. The normalized spacial score (nSPS) is 15.7. The molecule has 1 aliphatic heterocycles. The van der Waals surface area contributed by atoms with Gasteiger partial charge in [0.05, 0.1) is 19.8 Å². The Balaban J connectivity index is 1.82. The Morgan fingerprint density at radius 1 is 1.21 bits per heavy atom. The molecule has 4 rings (SSSR count). The summed E-state index contributed by atoms with van der Waals surface area (Å²) in [6.45, 7) is 12.9. The number of nitrogens with zero attached hydrogens (tertiary/aromatic N) is 6. The van der Waals surface area contributed by atoms with E-state index in [1.807, 2.05) is 13.1 Å². The molecule has 3 aromatic rings. The molecule has 1 fully saturated rings. The van der Waals surface area contributed by atoms with Gasteiger partial charge in [0.25, 0.3) is 5.56 Å². The Kier molecular flexibility index (Phi) is 4.72. The fourth-order valence-corrected chi connectivity index (χ4v) is 3.81. The Bertz CT molecular complexity index is 1170. The van der Waals surface area contributed by atoms with Crippen LogP contribution in [0.5, 0.6) is 0 Å². The standard InChI is InChI=1S/C19H26N6O3/c1-13(2)11-25-17(26)15-16(21(4)19(25)27)20-18-23(14(3)12-24(15)18)6-5-22-7-9-28-10-8-22/h12H,1,5-11H2,2-4H3. The van der Waals surface area contributed by atoms with Crippen molar-refractivity contribution in [1.82, 2.24) is 28.0 Å². The van der Waals surface area contributed by atoms with Crippen LogP contribution in [-0.4, -0.2) is 60.8 Å². The highest BCUT2D eigenvalue weighted by molar-refractivity contribution is 5.75. The number of rotatable bonds is 5. The first-order valence-electron chi connectivity index (χ1n) is 9.50. The van der Waals surface area contributed by atoms with Gasteiger partial charge in [-0.25, -0.2) is 4.79 Å². The average molecular weight is 386 g/mol. The molecule has 9 nitrogen and oxygen atoms in total. The SMILES string of the molecule is C=C(C)Cn1c(=O)c2c(nc3n(CCN4CCOCC4)c(C)cn23)n(C)c1=O. The van der Waals surface area contributed by atoms with Crippen molar-refractivity contribution < 1.29 is 4.74 Å². The Labute approximate surface area is 162 Å². The zero-order valence-electron chi connectivity index (χ0n) is 16.6. The summed E-state index contributed by atoms with van der Waals surface area (Å²) in [5, 5.41) is 0. The molecule has 3 aromatic heterocycles. The summed E-state index contributed by atoms with van der Waals surface area (Å²) in [4.78, 5) is 32.7. The highest BCUT2D eigenvalue weighted by atomic mass is 16.5. The number of ether oxygens (including phenoxy) is 1. The molecule has 9 heteroatoms. The molecule has 4 heterocycles. The van der Waals surface area contributed by atoms with Gasteiger partial charge < -0.3 is 9.30 Å². The fourth-order valence-electron chi connectivity index (χ4n) is 3.81. The second kappa shape index (κ2) is 7.06. The van der Waals surface area contributed by atoms with E-state index in [1.54, 1.807) is 18.4 Å². The van der Waals surface area contributed by atoms with Gasteiger partial charge in [0.15, 0.2) is 11.2 Å². The average Bonchev–Trinajstić information content (AvgIpc) is 3.17. The number of morpholine rings is 1. The van der Waals surface area contributed by atoms with Crippen molar-refractivity contribution in [3.05, 3.63) is 44.9 Å². The first-order valence-corrected chi connectivity index (χ1v) is 9.50. The predicted octanol–water partition coefficient (Wildman–Crippen LogP) is 0.366. The van der Waals surface area contributed by atoms with Crippen LogP contribution in [0.4, 0.5) is 0 Å². The van der Waals surface area contributed by atoms with Crippen molar-refractivity contribution in [3.63, 3.8) is 0 Å². The van der Waals surface area contributed by atoms with Crippen LogP contribution in [0.3, 0.4) is 0 Å². The van der Waals surface area contributed by atoms with Gasteiger partial charge in [-0.05, 0) is 13.8 Å². The molecule has 0 spiro atoms. The van der Waals surface area contributed by atoms with Crippen LogP contribution >= 0.6 is 0 Å². The third-order valence-electron chi connectivity index (χ3n) is 5.31. The zero-order valence-corrected chi connectivity index (χ0v) is 16.6. The van der Waals surface area contributed by atoms with Crippen LogP contribution in [0.2, 0.25) is 0 Å². The molecular weight excluding hydrogens is 360 g/mol. The second-order valence-corrected chi connectivity index (χ2v) is 7.52. The summed E-state index contributed by atoms with van der Waals surface area (Å²) in [6, 6.07) is 0. The molecule has 1 saturated heterocycles. The highest BCUT2D eigenvalue weighted by Gasteiger charge is 2.20. The van der Waals surface area contributed by atoms with E-state index >= 15 is 0 Å². The monoisotopic (exact) mass is 386 g/mol. The number of imidazole rings is 2. The molecule has 0 bridgehead atoms. The van der Waals surface area contributed by atoms with Gasteiger partial charge in [0.1, 0.15) is 0 Å². The van der Waals surface area contributed by atoms with Crippen molar-refractivity contribution in [2.45, 2.75) is 26.9 Å². The fraction of sp³-hybridized carbons (Fsp3) is 0.526. The Morgan fingerprint density at radius 2 is 1.93 bits per heavy atom. The largest absolute Gasteiger partial charge is 0.379 e. The zero-order chi connectivity index (χ0) is 20.0. The van der Waals surface area contributed by atoms with E-state index in [-0.39, 0.29) is 17.8 Å². The maximum absolute atomic E-state index is 13.1. The van der Waals surface area contributed by atoms with E-state index in [4.69, 9.17) is 4.74 Å². The van der Waals surface area contributed by atoms with Crippen molar-refractivity contribution in [3.8, 4) is 0 Å². The quantitative estimate of drug-likeness (QED) is 0.592.